The number of nitrogens with one attached hydrogen (secondary N) is 1. The molecule has 7 heteroatoms. The van der Waals surface area contributed by atoms with Gasteiger partial charge in [-0.3, -0.25) is 14.5 Å². The van der Waals surface area contributed by atoms with Gasteiger partial charge in [-0.05, 0) is 49.7 Å². The number of benzene rings is 1. The molecule has 0 aromatic heterocycles. The number of hydrogen-bond donors (Lipinski definition) is 1. The monoisotopic (exact) mass is 394 g/mol. The van der Waals surface area contributed by atoms with Crippen molar-refractivity contribution in [2.24, 2.45) is 11.8 Å². The summed E-state index contributed by atoms with van der Waals surface area (Å²) in [5.74, 6) is -1.75. The van der Waals surface area contributed by atoms with E-state index >= 15 is 0 Å². The Kier molecular flexibility index (Phi) is 6.03. The molecule has 1 aliphatic heterocycles. The van der Waals surface area contributed by atoms with Crippen LogP contribution in [0.25, 0.3) is 0 Å². The van der Waals surface area contributed by atoms with Crippen LogP contribution in [-0.4, -0.2) is 41.6 Å². The third-order valence-electron chi connectivity index (χ3n) is 5.63. The smallest absolute Gasteiger partial charge is 0.257 e. The first-order valence-electron chi connectivity index (χ1n) is 9.93. The van der Waals surface area contributed by atoms with E-state index < -0.39 is 29.3 Å². The quantitative estimate of drug-likeness (QED) is 0.851. The zero-order valence-electron chi connectivity index (χ0n) is 16.6. The Labute approximate surface area is 164 Å². The van der Waals surface area contributed by atoms with Gasteiger partial charge < -0.3 is 10.1 Å². The van der Waals surface area contributed by atoms with Gasteiger partial charge >= 0.3 is 0 Å². The van der Waals surface area contributed by atoms with E-state index in [2.05, 4.69) is 12.2 Å². The van der Waals surface area contributed by atoms with Gasteiger partial charge in [0.2, 0.25) is 5.91 Å². The van der Waals surface area contributed by atoms with Gasteiger partial charge in [0.05, 0.1) is 6.61 Å². The number of carbonyl (C=O) groups is 2. The van der Waals surface area contributed by atoms with Gasteiger partial charge in [-0.1, -0.05) is 20.8 Å². The van der Waals surface area contributed by atoms with Gasteiger partial charge in [-0.15, -0.1) is 0 Å². The van der Waals surface area contributed by atoms with E-state index in [4.69, 9.17) is 4.74 Å². The molecule has 1 atom stereocenters. The SMILES string of the molecule is CC(C)CNC(=O)C1COC2(CCC(C)CC2)N1C(=O)c1cc(F)cc(F)c1. The minimum Gasteiger partial charge on any atom is -0.354 e. The van der Waals surface area contributed by atoms with Crippen molar-refractivity contribution >= 4 is 11.8 Å². The van der Waals surface area contributed by atoms with E-state index in [1.807, 2.05) is 13.8 Å². The van der Waals surface area contributed by atoms with E-state index in [0.717, 1.165) is 31.0 Å². The second kappa shape index (κ2) is 8.15. The van der Waals surface area contributed by atoms with Crippen molar-refractivity contribution in [2.75, 3.05) is 13.2 Å². The fourth-order valence-corrected chi connectivity index (χ4v) is 4.02. The molecule has 1 aromatic carbocycles. The topological polar surface area (TPSA) is 58.6 Å². The molecule has 3 rings (SSSR count). The largest absolute Gasteiger partial charge is 0.354 e. The summed E-state index contributed by atoms with van der Waals surface area (Å²) in [4.78, 5) is 27.5. The molecule has 0 bridgehead atoms. The predicted octanol–water partition coefficient (Wildman–Crippen LogP) is 3.48. The molecule has 2 fully saturated rings. The summed E-state index contributed by atoms with van der Waals surface area (Å²) in [6.45, 7) is 6.67. The van der Waals surface area contributed by atoms with Gasteiger partial charge in [-0.25, -0.2) is 8.78 Å². The van der Waals surface area contributed by atoms with Crippen LogP contribution in [0, 0.1) is 23.5 Å². The van der Waals surface area contributed by atoms with Crippen LogP contribution in [0.5, 0.6) is 0 Å². The maximum absolute atomic E-state index is 13.7. The molecule has 28 heavy (non-hydrogen) atoms. The lowest BCUT2D eigenvalue weighted by atomic mass is 9.83. The molecule has 1 N–H and O–H groups in total. The average Bonchev–Trinajstić information content (AvgIpc) is 3.00. The van der Waals surface area contributed by atoms with Crippen molar-refractivity contribution in [3.05, 3.63) is 35.4 Å². The molecule has 1 unspecified atom stereocenters. The van der Waals surface area contributed by atoms with Crippen LogP contribution < -0.4 is 5.32 Å². The van der Waals surface area contributed by atoms with Gasteiger partial charge in [0.1, 0.15) is 23.4 Å². The van der Waals surface area contributed by atoms with E-state index in [-0.39, 0.29) is 24.0 Å². The van der Waals surface area contributed by atoms with Gasteiger partial charge in [0.15, 0.2) is 0 Å². The fraction of sp³-hybridized carbons (Fsp3) is 0.619. The highest BCUT2D eigenvalue weighted by Gasteiger charge is 2.53. The molecular weight excluding hydrogens is 366 g/mol. The molecule has 2 amide bonds. The van der Waals surface area contributed by atoms with Crippen LogP contribution in [0.4, 0.5) is 8.78 Å². The van der Waals surface area contributed by atoms with Crippen molar-refractivity contribution in [2.45, 2.75) is 58.2 Å². The lowest BCUT2D eigenvalue weighted by molar-refractivity contribution is -0.128. The van der Waals surface area contributed by atoms with E-state index in [9.17, 15) is 18.4 Å². The minimum absolute atomic E-state index is 0.0852. The normalized spacial score (nSPS) is 27.4. The van der Waals surface area contributed by atoms with Crippen LogP contribution in [-0.2, 0) is 9.53 Å². The van der Waals surface area contributed by atoms with Crippen molar-refractivity contribution in [3.63, 3.8) is 0 Å². The minimum atomic E-state index is -0.897. The third kappa shape index (κ3) is 4.19. The van der Waals surface area contributed by atoms with E-state index in [1.165, 1.54) is 4.90 Å². The third-order valence-corrected chi connectivity index (χ3v) is 5.63. The van der Waals surface area contributed by atoms with Crippen LogP contribution >= 0.6 is 0 Å². The van der Waals surface area contributed by atoms with E-state index in [1.54, 1.807) is 0 Å². The molecule has 1 saturated heterocycles. The molecule has 5 nitrogen and oxygen atoms in total. The van der Waals surface area contributed by atoms with E-state index in [0.29, 0.717) is 25.3 Å². The summed E-state index contributed by atoms with van der Waals surface area (Å²) in [6, 6.07) is 1.92. The summed E-state index contributed by atoms with van der Waals surface area (Å²) in [5, 5.41) is 2.85. The highest BCUT2D eigenvalue weighted by Crippen LogP contribution is 2.43. The maximum Gasteiger partial charge on any atom is 0.257 e. The Hall–Kier alpha value is -2.02. The van der Waals surface area contributed by atoms with Gasteiger partial charge in [0.25, 0.3) is 5.91 Å². The fourth-order valence-electron chi connectivity index (χ4n) is 4.02. The van der Waals surface area contributed by atoms with Crippen LogP contribution in [0.2, 0.25) is 0 Å². The molecule has 2 aliphatic rings. The Morgan fingerprint density at radius 2 is 1.82 bits per heavy atom. The Balaban J connectivity index is 1.92. The average molecular weight is 394 g/mol. The Morgan fingerprint density at radius 3 is 2.39 bits per heavy atom. The van der Waals surface area contributed by atoms with Crippen molar-refractivity contribution in [1.29, 1.82) is 0 Å². The Bertz CT molecular complexity index is 725. The van der Waals surface area contributed by atoms with Crippen LogP contribution in [0.3, 0.4) is 0 Å². The summed E-state index contributed by atoms with van der Waals surface area (Å²) < 4.78 is 33.5. The molecule has 1 heterocycles. The molecule has 1 spiro atoms. The standard InChI is InChI=1S/C21H28F2N2O3/c1-13(2)11-24-19(26)18-12-28-21(6-4-14(3)5-7-21)25(18)20(27)15-8-16(22)10-17(23)9-15/h8-10,13-14,18H,4-7,11-12H2,1-3H3,(H,24,26). The number of amides is 2. The van der Waals surface area contributed by atoms with Crippen LogP contribution in [0.15, 0.2) is 18.2 Å². The summed E-state index contributed by atoms with van der Waals surface area (Å²) in [6.07, 6.45) is 2.93. The molecule has 1 aliphatic carbocycles. The highest BCUT2D eigenvalue weighted by atomic mass is 19.1. The molecule has 154 valence electrons. The van der Waals surface area contributed by atoms with Crippen molar-refractivity contribution in [1.82, 2.24) is 10.2 Å². The number of hydrogen-bond acceptors (Lipinski definition) is 3. The number of carbonyl (C=O) groups excluding carboxylic acids is 2. The second-order valence-corrected chi connectivity index (χ2v) is 8.43. The molecule has 0 radical (unpaired) electrons. The van der Waals surface area contributed by atoms with Gasteiger partial charge in [-0.2, -0.15) is 0 Å². The lowest BCUT2D eigenvalue weighted by Crippen LogP contribution is -2.57. The predicted molar refractivity (Wildman–Crippen MR) is 100 cm³/mol. The first-order chi connectivity index (χ1) is 13.2. The number of rotatable bonds is 4. The lowest BCUT2D eigenvalue weighted by Gasteiger charge is -2.43. The van der Waals surface area contributed by atoms with Crippen LogP contribution in [0.1, 0.15) is 56.8 Å². The second-order valence-electron chi connectivity index (χ2n) is 8.43. The first kappa shape index (κ1) is 20.7. The first-order valence-corrected chi connectivity index (χ1v) is 9.93. The molecule has 1 saturated carbocycles. The maximum atomic E-state index is 13.7. The Morgan fingerprint density at radius 1 is 1.21 bits per heavy atom. The molecule has 1 aromatic rings. The van der Waals surface area contributed by atoms with Crippen molar-refractivity contribution in [3.8, 4) is 0 Å². The van der Waals surface area contributed by atoms with Gasteiger partial charge in [0, 0.05) is 18.2 Å². The number of halogens is 2. The summed E-state index contributed by atoms with van der Waals surface area (Å²) in [5.41, 5.74) is -1.01. The summed E-state index contributed by atoms with van der Waals surface area (Å²) in [7, 11) is 0. The number of ether oxygens (including phenoxy) is 1. The van der Waals surface area contributed by atoms with Crippen molar-refractivity contribution < 1.29 is 23.1 Å². The zero-order chi connectivity index (χ0) is 20.5. The zero-order valence-corrected chi connectivity index (χ0v) is 16.6. The number of nitrogens with zero attached hydrogens (tertiary/aromatic N) is 1. The highest BCUT2D eigenvalue weighted by molar-refractivity contribution is 5.98. The molecular formula is C21H28F2N2O3. The summed E-state index contributed by atoms with van der Waals surface area (Å²) >= 11 is 0.